The van der Waals surface area contributed by atoms with Gasteiger partial charge in [0.1, 0.15) is 0 Å². The molecule has 0 amide bonds. The Kier molecular flexibility index (Phi) is 5.58. The number of rotatable bonds is 6. The van der Waals surface area contributed by atoms with Gasteiger partial charge in [-0.3, -0.25) is 5.41 Å². The van der Waals surface area contributed by atoms with Crippen molar-refractivity contribution in [3.05, 3.63) is 29.3 Å². The van der Waals surface area contributed by atoms with Gasteiger partial charge in [-0.15, -0.1) is 11.8 Å². The maximum Gasteiger partial charge on any atom is 0.0905 e. The van der Waals surface area contributed by atoms with Gasteiger partial charge in [-0.25, -0.2) is 0 Å². The summed E-state index contributed by atoms with van der Waals surface area (Å²) < 4.78 is 0. The molecule has 0 saturated heterocycles. The van der Waals surface area contributed by atoms with Gasteiger partial charge >= 0.3 is 0 Å². The summed E-state index contributed by atoms with van der Waals surface area (Å²) in [6, 6.07) is 7.86. The minimum absolute atomic E-state index is 0.280. The zero-order chi connectivity index (χ0) is 11.1. The van der Waals surface area contributed by atoms with E-state index in [1.54, 1.807) is 11.8 Å². The van der Waals surface area contributed by atoms with E-state index in [9.17, 15) is 0 Å². The van der Waals surface area contributed by atoms with Gasteiger partial charge in [-0.2, -0.15) is 0 Å². The third kappa shape index (κ3) is 5.70. The molecule has 1 aromatic rings. The Balaban J connectivity index is 2.17. The first kappa shape index (κ1) is 12.4. The van der Waals surface area contributed by atoms with Crippen LogP contribution < -0.4 is 5.73 Å². The molecule has 15 heavy (non-hydrogen) atoms. The number of benzene rings is 1. The summed E-state index contributed by atoms with van der Waals surface area (Å²) in [5.74, 6) is 1.33. The van der Waals surface area contributed by atoms with Crippen LogP contribution in [0, 0.1) is 5.41 Å². The van der Waals surface area contributed by atoms with Crippen LogP contribution in [0.3, 0.4) is 0 Å². The Morgan fingerprint density at radius 1 is 1.40 bits per heavy atom. The van der Waals surface area contributed by atoms with E-state index in [0.29, 0.717) is 6.42 Å². The third-order valence-electron chi connectivity index (χ3n) is 1.91. The maximum atomic E-state index is 7.08. The van der Waals surface area contributed by atoms with Crippen molar-refractivity contribution in [3.63, 3.8) is 0 Å². The fourth-order valence-corrected chi connectivity index (χ4v) is 2.39. The van der Waals surface area contributed by atoms with E-state index in [1.165, 1.54) is 4.90 Å². The number of hydrogen-bond acceptors (Lipinski definition) is 2. The number of halogens is 1. The molecule has 4 heteroatoms. The molecule has 0 atom stereocenters. The standard InChI is InChI=1S/C11H15ClN2S/c12-9-4-3-5-10(8-9)15-7-2-1-6-11(13)14/h3-5,8H,1-2,6-7H2,(H3,13,14). The molecule has 1 rings (SSSR count). The third-order valence-corrected chi connectivity index (χ3v) is 3.22. The lowest BCUT2D eigenvalue weighted by atomic mass is 10.2. The molecule has 0 aliphatic carbocycles. The molecule has 0 aliphatic rings. The van der Waals surface area contributed by atoms with E-state index in [-0.39, 0.29) is 5.84 Å². The molecule has 3 N–H and O–H groups in total. The maximum absolute atomic E-state index is 7.08. The Morgan fingerprint density at radius 2 is 2.20 bits per heavy atom. The summed E-state index contributed by atoms with van der Waals surface area (Å²) in [5.41, 5.74) is 5.26. The van der Waals surface area contributed by atoms with Crippen LogP contribution in [0.15, 0.2) is 29.2 Å². The number of hydrogen-bond donors (Lipinski definition) is 2. The highest BCUT2D eigenvalue weighted by Crippen LogP contribution is 2.22. The first-order valence-electron chi connectivity index (χ1n) is 4.90. The predicted molar refractivity (Wildman–Crippen MR) is 67.9 cm³/mol. The Labute approximate surface area is 99.7 Å². The highest BCUT2D eigenvalue weighted by molar-refractivity contribution is 7.99. The van der Waals surface area contributed by atoms with E-state index in [2.05, 4.69) is 6.07 Å². The molecule has 2 nitrogen and oxygen atoms in total. The lowest BCUT2D eigenvalue weighted by Crippen LogP contribution is -2.08. The summed E-state index contributed by atoms with van der Waals surface area (Å²) in [5, 5.41) is 7.86. The van der Waals surface area contributed by atoms with Crippen LogP contribution >= 0.6 is 23.4 Å². The molecule has 0 unspecified atom stereocenters. The largest absolute Gasteiger partial charge is 0.388 e. The van der Waals surface area contributed by atoms with Gasteiger partial charge in [0.2, 0.25) is 0 Å². The van der Waals surface area contributed by atoms with Crippen molar-refractivity contribution in [1.82, 2.24) is 0 Å². The molecule has 0 heterocycles. The van der Waals surface area contributed by atoms with Crippen molar-refractivity contribution in [2.75, 3.05) is 5.75 Å². The van der Waals surface area contributed by atoms with Gasteiger partial charge < -0.3 is 5.73 Å². The van der Waals surface area contributed by atoms with Crippen LogP contribution in [0.4, 0.5) is 0 Å². The normalized spacial score (nSPS) is 10.2. The lowest BCUT2D eigenvalue weighted by Gasteiger charge is -2.01. The summed E-state index contributed by atoms with van der Waals surface area (Å²) in [4.78, 5) is 1.20. The zero-order valence-electron chi connectivity index (χ0n) is 8.50. The number of nitrogens with one attached hydrogen (secondary N) is 1. The summed E-state index contributed by atoms with van der Waals surface area (Å²) >= 11 is 7.66. The van der Waals surface area contributed by atoms with Gasteiger partial charge in [-0.05, 0) is 36.8 Å². The minimum atomic E-state index is 0.280. The molecule has 1 aromatic carbocycles. The smallest absolute Gasteiger partial charge is 0.0905 e. The van der Waals surface area contributed by atoms with Gasteiger partial charge in [0, 0.05) is 16.3 Å². The second kappa shape index (κ2) is 6.75. The van der Waals surface area contributed by atoms with Crippen molar-refractivity contribution >= 4 is 29.2 Å². The number of thioether (sulfide) groups is 1. The Hall–Kier alpha value is -0.670. The highest BCUT2D eigenvalue weighted by atomic mass is 35.5. The first-order chi connectivity index (χ1) is 7.18. The van der Waals surface area contributed by atoms with Crippen molar-refractivity contribution in [2.24, 2.45) is 5.73 Å². The van der Waals surface area contributed by atoms with Gasteiger partial charge in [0.25, 0.3) is 0 Å². The van der Waals surface area contributed by atoms with Crippen LogP contribution in [0.2, 0.25) is 5.02 Å². The average Bonchev–Trinajstić information content (AvgIpc) is 2.17. The number of unbranched alkanes of at least 4 members (excludes halogenated alkanes) is 1. The van der Waals surface area contributed by atoms with Gasteiger partial charge in [0.15, 0.2) is 0 Å². The fraction of sp³-hybridized carbons (Fsp3) is 0.364. The summed E-state index contributed by atoms with van der Waals surface area (Å²) in [6.07, 6.45) is 2.77. The topological polar surface area (TPSA) is 49.9 Å². The van der Waals surface area contributed by atoms with Crippen LogP contribution in [-0.4, -0.2) is 11.6 Å². The second-order valence-corrected chi connectivity index (χ2v) is 4.89. The molecule has 0 saturated carbocycles. The van der Waals surface area contributed by atoms with E-state index < -0.39 is 0 Å². The molecule has 0 aliphatic heterocycles. The monoisotopic (exact) mass is 242 g/mol. The van der Waals surface area contributed by atoms with Crippen molar-refractivity contribution in [2.45, 2.75) is 24.2 Å². The Morgan fingerprint density at radius 3 is 2.87 bits per heavy atom. The molecule has 0 spiro atoms. The number of amidine groups is 1. The molecule has 82 valence electrons. The second-order valence-electron chi connectivity index (χ2n) is 3.29. The van der Waals surface area contributed by atoms with E-state index in [1.807, 2.05) is 18.2 Å². The highest BCUT2D eigenvalue weighted by Gasteiger charge is 1.96. The SMILES string of the molecule is N=C(N)CCCCSc1cccc(Cl)c1. The van der Waals surface area contributed by atoms with Crippen molar-refractivity contribution in [1.29, 1.82) is 5.41 Å². The first-order valence-corrected chi connectivity index (χ1v) is 6.26. The van der Waals surface area contributed by atoms with E-state index in [0.717, 1.165) is 23.6 Å². The van der Waals surface area contributed by atoms with E-state index >= 15 is 0 Å². The zero-order valence-corrected chi connectivity index (χ0v) is 10.1. The van der Waals surface area contributed by atoms with E-state index in [4.69, 9.17) is 22.7 Å². The van der Waals surface area contributed by atoms with Crippen LogP contribution in [0.1, 0.15) is 19.3 Å². The summed E-state index contributed by atoms with van der Waals surface area (Å²) in [6.45, 7) is 0. The average molecular weight is 243 g/mol. The Bertz CT molecular complexity index is 328. The molecule has 0 radical (unpaired) electrons. The molecule has 0 fully saturated rings. The summed E-state index contributed by atoms with van der Waals surface area (Å²) in [7, 11) is 0. The minimum Gasteiger partial charge on any atom is -0.388 e. The van der Waals surface area contributed by atoms with Crippen LogP contribution in [-0.2, 0) is 0 Å². The molecule has 0 bridgehead atoms. The van der Waals surface area contributed by atoms with Crippen LogP contribution in [0.25, 0.3) is 0 Å². The quantitative estimate of drug-likeness (QED) is 0.347. The fourth-order valence-electron chi connectivity index (χ4n) is 1.16. The molecular formula is C11H15ClN2S. The lowest BCUT2D eigenvalue weighted by molar-refractivity contribution is 0.837. The van der Waals surface area contributed by atoms with Gasteiger partial charge in [0.05, 0.1) is 5.84 Å². The van der Waals surface area contributed by atoms with Crippen LogP contribution in [0.5, 0.6) is 0 Å². The predicted octanol–water partition coefficient (Wildman–Crippen LogP) is 3.54. The molecular weight excluding hydrogens is 228 g/mol. The number of nitrogens with two attached hydrogens (primary N) is 1. The van der Waals surface area contributed by atoms with Gasteiger partial charge in [-0.1, -0.05) is 17.7 Å². The van der Waals surface area contributed by atoms with Crippen molar-refractivity contribution < 1.29 is 0 Å². The van der Waals surface area contributed by atoms with Crippen molar-refractivity contribution in [3.8, 4) is 0 Å². The molecule has 0 aromatic heterocycles.